The van der Waals surface area contributed by atoms with Crippen molar-refractivity contribution >= 4 is 11.9 Å². The summed E-state index contributed by atoms with van der Waals surface area (Å²) >= 11 is 0. The number of piperidine rings is 1. The van der Waals surface area contributed by atoms with Crippen molar-refractivity contribution < 1.29 is 24.0 Å². The van der Waals surface area contributed by atoms with E-state index in [1.165, 1.54) is 7.11 Å². The van der Waals surface area contributed by atoms with Crippen LogP contribution in [0.4, 0.5) is 0 Å². The van der Waals surface area contributed by atoms with Crippen molar-refractivity contribution in [2.75, 3.05) is 20.2 Å². The number of benzene rings is 1. The normalized spacial score (nSPS) is 16.6. The Hall–Kier alpha value is -2.67. The Bertz CT molecular complexity index is 748. The summed E-state index contributed by atoms with van der Waals surface area (Å²) in [6.07, 6.45) is 0.724. The summed E-state index contributed by atoms with van der Waals surface area (Å²) in [7, 11) is 1.53. The number of ether oxygens (including phenoxy) is 1. The second kappa shape index (κ2) is 7.06. The molecule has 1 aliphatic rings. The first kappa shape index (κ1) is 17.2. The highest BCUT2D eigenvalue weighted by Crippen LogP contribution is 2.36. The topological polar surface area (TPSA) is 92.9 Å². The van der Waals surface area contributed by atoms with Crippen molar-refractivity contribution in [2.45, 2.75) is 24.9 Å². The first-order valence-electron chi connectivity index (χ1n) is 8.09. The van der Waals surface area contributed by atoms with Crippen LogP contribution in [0.2, 0.25) is 0 Å². The van der Waals surface area contributed by atoms with Crippen LogP contribution in [-0.2, 0) is 21.6 Å². The van der Waals surface area contributed by atoms with E-state index in [0.717, 1.165) is 5.56 Å². The van der Waals surface area contributed by atoms with Crippen molar-refractivity contribution in [1.82, 2.24) is 10.1 Å². The lowest BCUT2D eigenvalue weighted by Crippen LogP contribution is -2.49. The lowest BCUT2D eigenvalue weighted by molar-refractivity contribution is -0.145. The third-order valence-electron chi connectivity index (χ3n) is 4.70. The molecule has 2 heterocycles. The number of hydrogen-bond acceptors (Lipinski definition) is 5. The van der Waals surface area contributed by atoms with E-state index in [9.17, 15) is 14.7 Å². The maximum atomic E-state index is 12.5. The Morgan fingerprint density at radius 2 is 1.96 bits per heavy atom. The minimum Gasteiger partial charge on any atom is -0.481 e. The average molecular weight is 344 g/mol. The molecular formula is C18H20N2O5. The number of likely N-dealkylation sites (tertiary alicyclic amines) is 1. The van der Waals surface area contributed by atoms with Gasteiger partial charge in [0.25, 0.3) is 5.91 Å². The highest BCUT2D eigenvalue weighted by Gasteiger charge is 2.44. The molecule has 1 aliphatic heterocycles. The number of carbonyl (C=O) groups excluding carboxylic acids is 1. The molecular weight excluding hydrogens is 324 g/mol. The monoisotopic (exact) mass is 344 g/mol. The highest BCUT2D eigenvalue weighted by molar-refractivity contribution is 5.92. The fourth-order valence-electron chi connectivity index (χ4n) is 3.26. The van der Waals surface area contributed by atoms with Gasteiger partial charge in [-0.15, -0.1) is 0 Å². The van der Waals surface area contributed by atoms with Crippen LogP contribution >= 0.6 is 0 Å². The van der Waals surface area contributed by atoms with Gasteiger partial charge < -0.3 is 19.3 Å². The highest BCUT2D eigenvalue weighted by atomic mass is 16.5. The number of hydrogen-bond donors (Lipinski definition) is 1. The van der Waals surface area contributed by atoms with Crippen LogP contribution in [0.3, 0.4) is 0 Å². The maximum absolute atomic E-state index is 12.5. The Morgan fingerprint density at radius 1 is 1.28 bits per heavy atom. The number of carboxylic acids is 1. The number of carbonyl (C=O) groups is 2. The average Bonchev–Trinajstić information content (AvgIpc) is 3.11. The largest absolute Gasteiger partial charge is 0.481 e. The van der Waals surface area contributed by atoms with Crippen LogP contribution in [0.5, 0.6) is 0 Å². The van der Waals surface area contributed by atoms with Crippen LogP contribution in [-0.4, -0.2) is 47.2 Å². The molecule has 1 aromatic carbocycles. The summed E-state index contributed by atoms with van der Waals surface area (Å²) in [5.41, 5.74) is 0.0382. The molecule has 1 aromatic heterocycles. The number of nitrogens with zero attached hydrogens (tertiary/aromatic N) is 2. The summed E-state index contributed by atoms with van der Waals surface area (Å²) in [6, 6.07) is 10.8. The van der Waals surface area contributed by atoms with Gasteiger partial charge in [0.05, 0.1) is 5.41 Å². The molecule has 3 rings (SSSR count). The van der Waals surface area contributed by atoms with Gasteiger partial charge in [0.15, 0.2) is 11.5 Å². The van der Waals surface area contributed by atoms with E-state index in [-0.39, 0.29) is 18.2 Å². The molecule has 1 N–H and O–H groups in total. The van der Waals surface area contributed by atoms with Crippen LogP contribution in [0.15, 0.2) is 40.9 Å². The lowest BCUT2D eigenvalue weighted by Gasteiger charge is -2.39. The number of methoxy groups -OCH3 is 1. The molecule has 7 heteroatoms. The minimum atomic E-state index is -0.955. The van der Waals surface area contributed by atoms with Crippen LogP contribution in [0, 0.1) is 0 Å². The molecule has 1 amide bonds. The molecule has 0 aliphatic carbocycles. The van der Waals surface area contributed by atoms with Crippen LogP contribution in [0.1, 0.15) is 34.7 Å². The van der Waals surface area contributed by atoms with Crippen LogP contribution < -0.4 is 0 Å². The second-order valence-corrected chi connectivity index (χ2v) is 6.16. The number of aliphatic carboxylic acids is 1. The van der Waals surface area contributed by atoms with E-state index < -0.39 is 11.4 Å². The van der Waals surface area contributed by atoms with Crippen molar-refractivity contribution in [3.63, 3.8) is 0 Å². The van der Waals surface area contributed by atoms with Crippen LogP contribution in [0.25, 0.3) is 0 Å². The van der Waals surface area contributed by atoms with Gasteiger partial charge in [-0.3, -0.25) is 9.59 Å². The predicted molar refractivity (Wildman–Crippen MR) is 88.1 cm³/mol. The molecule has 0 bridgehead atoms. The summed E-state index contributed by atoms with van der Waals surface area (Å²) in [5, 5.41) is 13.6. The minimum absolute atomic E-state index is 0.217. The summed E-state index contributed by atoms with van der Waals surface area (Å²) in [4.78, 5) is 26.1. The van der Waals surface area contributed by atoms with Gasteiger partial charge in [-0.1, -0.05) is 35.5 Å². The van der Waals surface area contributed by atoms with Gasteiger partial charge in [0.2, 0.25) is 0 Å². The van der Waals surface area contributed by atoms with E-state index in [0.29, 0.717) is 31.7 Å². The zero-order chi connectivity index (χ0) is 17.9. The van der Waals surface area contributed by atoms with Gasteiger partial charge in [-0.05, 0) is 18.4 Å². The third-order valence-corrected chi connectivity index (χ3v) is 4.70. The molecule has 1 saturated heterocycles. The Kier molecular flexibility index (Phi) is 4.85. The number of amides is 1. The molecule has 0 radical (unpaired) electrons. The quantitative estimate of drug-likeness (QED) is 0.893. The third kappa shape index (κ3) is 3.28. The molecule has 1 fully saturated rings. The molecule has 25 heavy (non-hydrogen) atoms. The zero-order valence-electron chi connectivity index (χ0n) is 14.0. The molecule has 7 nitrogen and oxygen atoms in total. The zero-order valence-corrected chi connectivity index (χ0v) is 14.0. The molecule has 2 aromatic rings. The summed E-state index contributed by atoms with van der Waals surface area (Å²) in [6.45, 7) is 0.954. The van der Waals surface area contributed by atoms with E-state index in [4.69, 9.17) is 9.26 Å². The number of carboxylic acid groups (broad SMARTS) is 1. The SMILES string of the molecule is COCc1cc(C(=O)N2CCC(C(=O)O)(c3ccccc3)CC2)no1. The van der Waals surface area contributed by atoms with Gasteiger partial charge >= 0.3 is 5.97 Å². The standard InChI is InChI=1S/C18H20N2O5/c1-24-12-14-11-15(19-25-14)16(21)20-9-7-18(8-10-20,17(22)23)13-5-3-2-4-6-13/h2-6,11H,7-10,12H2,1H3,(H,22,23). The first-order chi connectivity index (χ1) is 12.1. The first-order valence-corrected chi connectivity index (χ1v) is 8.09. The van der Waals surface area contributed by atoms with E-state index in [1.54, 1.807) is 11.0 Å². The second-order valence-electron chi connectivity index (χ2n) is 6.16. The molecule has 0 atom stereocenters. The van der Waals surface area contributed by atoms with E-state index in [1.807, 2.05) is 30.3 Å². The Balaban J connectivity index is 1.73. The maximum Gasteiger partial charge on any atom is 0.314 e. The van der Waals surface area contributed by atoms with E-state index >= 15 is 0 Å². The molecule has 0 saturated carbocycles. The molecule has 132 valence electrons. The van der Waals surface area contributed by atoms with Gasteiger partial charge in [0, 0.05) is 26.3 Å². The molecule has 0 spiro atoms. The summed E-state index contributed by atoms with van der Waals surface area (Å²) < 4.78 is 9.99. The number of rotatable bonds is 5. The summed E-state index contributed by atoms with van der Waals surface area (Å²) in [5.74, 6) is -0.625. The Morgan fingerprint density at radius 3 is 2.56 bits per heavy atom. The fourth-order valence-corrected chi connectivity index (χ4v) is 3.26. The molecule has 0 unspecified atom stereocenters. The van der Waals surface area contributed by atoms with Crippen molar-refractivity contribution in [1.29, 1.82) is 0 Å². The van der Waals surface area contributed by atoms with E-state index in [2.05, 4.69) is 5.16 Å². The van der Waals surface area contributed by atoms with Crippen molar-refractivity contribution in [3.05, 3.63) is 53.4 Å². The fraction of sp³-hybridized carbons (Fsp3) is 0.389. The van der Waals surface area contributed by atoms with Crippen molar-refractivity contribution in [2.24, 2.45) is 0 Å². The predicted octanol–water partition coefficient (Wildman–Crippen LogP) is 2.08. The number of aromatic nitrogens is 1. The Labute approximate surface area is 145 Å². The lowest BCUT2D eigenvalue weighted by atomic mass is 9.73. The van der Waals surface area contributed by atoms with Gasteiger partial charge in [-0.25, -0.2) is 0 Å². The smallest absolute Gasteiger partial charge is 0.314 e. The van der Waals surface area contributed by atoms with Crippen molar-refractivity contribution in [3.8, 4) is 0 Å². The van der Waals surface area contributed by atoms with Gasteiger partial charge in [-0.2, -0.15) is 0 Å². The van der Waals surface area contributed by atoms with Gasteiger partial charge in [0.1, 0.15) is 6.61 Å².